The van der Waals surface area contributed by atoms with Gasteiger partial charge in [0, 0.05) is 30.7 Å². The molecule has 2 aliphatic heterocycles. The molecule has 3 atom stereocenters. The molecule has 25 heavy (non-hydrogen) atoms. The summed E-state index contributed by atoms with van der Waals surface area (Å²) in [6.45, 7) is 5.22. The molecule has 5 nitrogen and oxygen atoms in total. The fourth-order valence-electron chi connectivity index (χ4n) is 4.39. The molecule has 2 saturated heterocycles. The Morgan fingerprint density at radius 3 is 3.00 bits per heavy atom. The zero-order chi connectivity index (χ0) is 17.3. The second kappa shape index (κ2) is 6.90. The number of ether oxygens (including phenoxy) is 1. The largest absolute Gasteiger partial charge is 0.390 e. The number of nitrogens with zero attached hydrogens (tertiary/aromatic N) is 2. The van der Waals surface area contributed by atoms with Gasteiger partial charge in [0.05, 0.1) is 24.1 Å². The Morgan fingerprint density at radius 1 is 1.36 bits per heavy atom. The van der Waals surface area contributed by atoms with Crippen LogP contribution < -0.4 is 0 Å². The highest BCUT2D eigenvalue weighted by Gasteiger charge is 2.44. The van der Waals surface area contributed by atoms with E-state index in [0.29, 0.717) is 19.3 Å². The van der Waals surface area contributed by atoms with Crippen LogP contribution in [0.25, 0.3) is 11.3 Å². The number of benzene rings is 1. The highest BCUT2D eigenvalue weighted by atomic mass is 16.5. The van der Waals surface area contributed by atoms with Crippen molar-refractivity contribution in [1.82, 2.24) is 15.1 Å². The van der Waals surface area contributed by atoms with Crippen LogP contribution in [0.5, 0.6) is 0 Å². The molecule has 2 N–H and O–H groups in total. The maximum absolute atomic E-state index is 10.8. The lowest BCUT2D eigenvalue weighted by Crippen LogP contribution is -2.52. The first kappa shape index (κ1) is 16.8. The predicted octanol–water partition coefficient (Wildman–Crippen LogP) is 2.83. The second-order valence-corrected chi connectivity index (χ2v) is 7.60. The lowest BCUT2D eigenvalue weighted by molar-refractivity contribution is -0.123. The van der Waals surface area contributed by atoms with Crippen LogP contribution >= 0.6 is 0 Å². The third kappa shape index (κ3) is 3.36. The molecule has 0 radical (unpaired) electrons. The summed E-state index contributed by atoms with van der Waals surface area (Å²) in [6, 6.07) is 10.7. The Morgan fingerprint density at radius 2 is 2.20 bits per heavy atom. The number of hydrogen-bond acceptors (Lipinski definition) is 4. The molecular formula is C20H27N3O2. The summed E-state index contributed by atoms with van der Waals surface area (Å²) in [5.74, 6) is 0.177. The molecule has 3 heterocycles. The van der Waals surface area contributed by atoms with E-state index in [4.69, 9.17) is 4.74 Å². The molecule has 0 amide bonds. The van der Waals surface area contributed by atoms with E-state index in [0.717, 1.165) is 31.6 Å². The number of aromatic amines is 1. The van der Waals surface area contributed by atoms with Crippen molar-refractivity contribution in [3.63, 3.8) is 0 Å². The lowest BCUT2D eigenvalue weighted by Gasteiger charge is -2.43. The number of rotatable bonds is 4. The SMILES string of the molecule is C[C@]1(O)CCOC[C@H]1[C@H]1CCCN1Cc1cn[nH]c1-c1ccccc1. The van der Waals surface area contributed by atoms with Gasteiger partial charge >= 0.3 is 0 Å². The Hall–Kier alpha value is -1.69. The summed E-state index contributed by atoms with van der Waals surface area (Å²) < 4.78 is 5.70. The Labute approximate surface area is 149 Å². The maximum atomic E-state index is 10.8. The number of aromatic nitrogens is 2. The van der Waals surface area contributed by atoms with Crippen LogP contribution in [-0.2, 0) is 11.3 Å². The van der Waals surface area contributed by atoms with Crippen molar-refractivity contribution < 1.29 is 9.84 Å². The maximum Gasteiger partial charge on any atom is 0.0706 e. The summed E-state index contributed by atoms with van der Waals surface area (Å²) in [6.07, 6.45) is 4.97. The van der Waals surface area contributed by atoms with Crippen LogP contribution in [0.4, 0.5) is 0 Å². The molecule has 0 bridgehead atoms. The van der Waals surface area contributed by atoms with E-state index in [1.807, 2.05) is 19.2 Å². The zero-order valence-electron chi connectivity index (χ0n) is 14.8. The number of H-pyrrole nitrogens is 1. The van der Waals surface area contributed by atoms with Gasteiger partial charge in [0.1, 0.15) is 0 Å². The van der Waals surface area contributed by atoms with Crippen LogP contribution in [0.2, 0.25) is 0 Å². The van der Waals surface area contributed by atoms with Crippen molar-refractivity contribution >= 4 is 0 Å². The Kier molecular flexibility index (Phi) is 4.63. The summed E-state index contributed by atoms with van der Waals surface area (Å²) in [5.41, 5.74) is 2.84. The van der Waals surface area contributed by atoms with Gasteiger partial charge in [-0.15, -0.1) is 0 Å². The van der Waals surface area contributed by atoms with E-state index in [9.17, 15) is 5.11 Å². The van der Waals surface area contributed by atoms with Crippen molar-refractivity contribution in [2.45, 2.75) is 44.4 Å². The van der Waals surface area contributed by atoms with Crippen LogP contribution in [0.3, 0.4) is 0 Å². The minimum atomic E-state index is -0.635. The monoisotopic (exact) mass is 341 g/mol. The molecule has 1 aromatic heterocycles. The van der Waals surface area contributed by atoms with Gasteiger partial charge in [0.15, 0.2) is 0 Å². The topological polar surface area (TPSA) is 61.4 Å². The van der Waals surface area contributed by atoms with Gasteiger partial charge in [0.2, 0.25) is 0 Å². The van der Waals surface area contributed by atoms with E-state index in [1.165, 1.54) is 17.5 Å². The van der Waals surface area contributed by atoms with Gasteiger partial charge < -0.3 is 9.84 Å². The summed E-state index contributed by atoms with van der Waals surface area (Å²) in [4.78, 5) is 2.51. The molecule has 4 rings (SSSR count). The van der Waals surface area contributed by atoms with Crippen LogP contribution in [-0.4, -0.2) is 51.6 Å². The second-order valence-electron chi connectivity index (χ2n) is 7.60. The molecule has 0 spiro atoms. The molecule has 1 aromatic carbocycles. The van der Waals surface area contributed by atoms with Gasteiger partial charge in [-0.05, 0) is 38.3 Å². The van der Waals surface area contributed by atoms with Crippen LogP contribution in [0, 0.1) is 5.92 Å². The van der Waals surface area contributed by atoms with Gasteiger partial charge in [-0.25, -0.2) is 0 Å². The normalized spacial score (nSPS) is 30.6. The standard InChI is InChI=1S/C20H27N3O2/c1-20(24)9-11-25-14-17(20)18-8-5-10-23(18)13-16-12-21-22-19(16)15-6-3-2-4-7-15/h2-4,6-7,12,17-18,24H,5,8-11,13-14H2,1H3,(H,21,22)/t17-,18+,20-/m0/s1. The van der Waals surface area contributed by atoms with Crippen molar-refractivity contribution in [3.8, 4) is 11.3 Å². The van der Waals surface area contributed by atoms with Crippen LogP contribution in [0.1, 0.15) is 31.7 Å². The zero-order valence-corrected chi connectivity index (χ0v) is 14.8. The molecule has 2 fully saturated rings. The highest BCUT2D eigenvalue weighted by Crippen LogP contribution is 2.37. The van der Waals surface area contributed by atoms with Gasteiger partial charge in [0.25, 0.3) is 0 Å². The highest BCUT2D eigenvalue weighted by molar-refractivity contribution is 5.62. The number of aliphatic hydroxyl groups is 1. The van der Waals surface area contributed by atoms with Gasteiger partial charge in [-0.3, -0.25) is 10.00 Å². The first-order chi connectivity index (χ1) is 12.1. The summed E-state index contributed by atoms with van der Waals surface area (Å²) in [5, 5.41) is 18.3. The van der Waals surface area contributed by atoms with E-state index >= 15 is 0 Å². The third-order valence-electron chi connectivity index (χ3n) is 5.88. The molecule has 2 aromatic rings. The molecule has 0 aliphatic carbocycles. The number of likely N-dealkylation sites (tertiary alicyclic amines) is 1. The van der Waals surface area contributed by atoms with E-state index < -0.39 is 5.60 Å². The molecular weight excluding hydrogens is 314 g/mol. The van der Waals surface area contributed by atoms with Crippen molar-refractivity contribution in [3.05, 3.63) is 42.1 Å². The molecule has 0 saturated carbocycles. The third-order valence-corrected chi connectivity index (χ3v) is 5.88. The smallest absolute Gasteiger partial charge is 0.0706 e. The van der Waals surface area contributed by atoms with E-state index in [1.54, 1.807) is 0 Å². The Balaban J connectivity index is 1.54. The van der Waals surface area contributed by atoms with Crippen molar-refractivity contribution in [2.24, 2.45) is 5.92 Å². The minimum Gasteiger partial charge on any atom is -0.390 e. The fraction of sp³-hybridized carbons (Fsp3) is 0.550. The first-order valence-corrected chi connectivity index (χ1v) is 9.27. The average Bonchev–Trinajstić information content (AvgIpc) is 3.25. The predicted molar refractivity (Wildman–Crippen MR) is 97.0 cm³/mol. The van der Waals surface area contributed by atoms with Gasteiger partial charge in [-0.1, -0.05) is 30.3 Å². The number of hydrogen-bond donors (Lipinski definition) is 2. The van der Waals surface area contributed by atoms with Gasteiger partial charge in [-0.2, -0.15) is 5.10 Å². The first-order valence-electron chi connectivity index (χ1n) is 9.27. The summed E-state index contributed by atoms with van der Waals surface area (Å²) >= 11 is 0. The lowest BCUT2D eigenvalue weighted by atomic mass is 9.79. The molecule has 2 aliphatic rings. The fourth-order valence-corrected chi connectivity index (χ4v) is 4.39. The molecule has 5 heteroatoms. The minimum absolute atomic E-state index is 0.177. The number of nitrogens with one attached hydrogen (secondary N) is 1. The van der Waals surface area contributed by atoms with Crippen molar-refractivity contribution in [1.29, 1.82) is 0 Å². The summed E-state index contributed by atoms with van der Waals surface area (Å²) in [7, 11) is 0. The molecule has 0 unspecified atom stereocenters. The van der Waals surface area contributed by atoms with E-state index in [2.05, 4.69) is 39.4 Å². The van der Waals surface area contributed by atoms with E-state index in [-0.39, 0.29) is 5.92 Å². The van der Waals surface area contributed by atoms with Crippen LogP contribution in [0.15, 0.2) is 36.5 Å². The van der Waals surface area contributed by atoms with Crippen molar-refractivity contribution in [2.75, 3.05) is 19.8 Å². The average molecular weight is 341 g/mol. The molecule has 134 valence electrons. The quantitative estimate of drug-likeness (QED) is 0.898. The Bertz CT molecular complexity index is 698.